The Morgan fingerprint density at radius 3 is 2.50 bits per heavy atom. The zero-order valence-electron chi connectivity index (χ0n) is 23.9. The number of allylic oxidation sites excluding steroid dienone is 1. The number of hydrogen-bond donors (Lipinski definition) is 3. The third kappa shape index (κ3) is 8.08. The van der Waals surface area contributed by atoms with Gasteiger partial charge in [-0.2, -0.15) is 13.2 Å². The summed E-state index contributed by atoms with van der Waals surface area (Å²) < 4.78 is 74.9. The molecule has 3 aromatic rings. The van der Waals surface area contributed by atoms with Crippen LogP contribution >= 0.6 is 0 Å². The maximum atomic E-state index is 14.9. The Hall–Kier alpha value is -4.57. The molecule has 12 nitrogen and oxygen atoms in total. The highest BCUT2D eigenvalue weighted by atomic mass is 19.4. The molecule has 16 heteroatoms. The van der Waals surface area contributed by atoms with Crippen molar-refractivity contribution in [2.24, 2.45) is 10.7 Å². The van der Waals surface area contributed by atoms with Gasteiger partial charge in [0.15, 0.2) is 11.6 Å². The van der Waals surface area contributed by atoms with Gasteiger partial charge in [-0.25, -0.2) is 14.4 Å². The van der Waals surface area contributed by atoms with Crippen LogP contribution in [0.1, 0.15) is 24.2 Å². The molecule has 1 amide bonds. The number of hydrogen-bond acceptors (Lipinski definition) is 11. The van der Waals surface area contributed by atoms with Crippen molar-refractivity contribution >= 4 is 23.9 Å². The summed E-state index contributed by atoms with van der Waals surface area (Å²) in [5.74, 6) is -1.64. The van der Waals surface area contributed by atoms with E-state index in [1.807, 2.05) is 0 Å². The summed E-state index contributed by atoms with van der Waals surface area (Å²) >= 11 is 0. The molecule has 0 spiro atoms. The first-order valence-corrected chi connectivity index (χ1v) is 13.4. The highest BCUT2D eigenvalue weighted by Crippen LogP contribution is 2.59. The first-order chi connectivity index (χ1) is 21.1. The molecule has 1 saturated carbocycles. The van der Waals surface area contributed by atoms with Crippen molar-refractivity contribution < 1.29 is 41.1 Å². The lowest BCUT2D eigenvalue weighted by Crippen LogP contribution is -2.28. The van der Waals surface area contributed by atoms with Crippen molar-refractivity contribution in [2.75, 3.05) is 51.2 Å². The molecule has 4 N–H and O–H groups in total. The minimum Gasteiger partial charge on any atom is -0.481 e. The Balaban J connectivity index is 1.33. The average Bonchev–Trinajstić information content (AvgIpc) is 3.70. The number of anilines is 2. The molecule has 1 fully saturated rings. The van der Waals surface area contributed by atoms with E-state index in [0.717, 1.165) is 6.07 Å². The van der Waals surface area contributed by atoms with E-state index in [-0.39, 0.29) is 48.2 Å². The van der Waals surface area contributed by atoms with Crippen molar-refractivity contribution in [2.45, 2.75) is 30.9 Å². The Kier molecular flexibility index (Phi) is 10.5. The minimum absolute atomic E-state index is 0.0561. The third-order valence-electron chi connectivity index (χ3n) is 6.68. The molecule has 0 aliphatic heterocycles. The molecule has 0 atom stereocenters. The van der Waals surface area contributed by atoms with E-state index in [2.05, 4.69) is 30.8 Å². The molecule has 0 bridgehead atoms. The largest absolute Gasteiger partial charge is 0.481 e. The maximum Gasteiger partial charge on any atom is 0.401 e. The maximum absolute atomic E-state index is 14.9. The van der Waals surface area contributed by atoms with Gasteiger partial charge in [0.1, 0.15) is 16.9 Å². The fourth-order valence-electron chi connectivity index (χ4n) is 4.03. The number of ether oxygens (including phenoxy) is 3. The molecule has 0 unspecified atom stereocenters. The molecule has 2 aromatic heterocycles. The Bertz CT molecular complexity index is 1490. The van der Waals surface area contributed by atoms with E-state index in [1.165, 1.54) is 37.9 Å². The molecule has 44 heavy (non-hydrogen) atoms. The summed E-state index contributed by atoms with van der Waals surface area (Å²) in [6.07, 6.45) is -0.678. The molecule has 236 valence electrons. The fraction of sp³-hybridized carbons (Fsp3) is 0.393. The van der Waals surface area contributed by atoms with Crippen molar-refractivity contribution in [1.82, 2.24) is 15.1 Å². The predicted molar refractivity (Wildman–Crippen MR) is 151 cm³/mol. The molecule has 1 aliphatic rings. The third-order valence-corrected chi connectivity index (χ3v) is 6.68. The summed E-state index contributed by atoms with van der Waals surface area (Å²) in [7, 11) is 2.98. The molecule has 4 rings (SSSR count). The number of carbonyl (C=O) groups excluding carboxylic acids is 1. The van der Waals surface area contributed by atoms with Crippen LogP contribution in [-0.4, -0.2) is 74.0 Å². The highest BCUT2D eigenvalue weighted by molar-refractivity contribution is 5.91. The summed E-state index contributed by atoms with van der Waals surface area (Å²) in [5.41, 5.74) is 5.16. The summed E-state index contributed by atoms with van der Waals surface area (Å²) in [6.45, 7) is 1.70. The van der Waals surface area contributed by atoms with E-state index in [4.69, 9.17) is 24.5 Å². The SMILES string of the molecule is COCCOCCN=CC(Nc1ncc(-c2ccc(CC(=O)Nc3cc(C4(C(F)(F)F)CC4)on3)c(F)c2)cn1)=C(N)OC. The lowest BCUT2D eigenvalue weighted by atomic mass is 10.0. The molecule has 1 aromatic carbocycles. The fourth-order valence-corrected chi connectivity index (χ4v) is 4.03. The Morgan fingerprint density at radius 2 is 1.86 bits per heavy atom. The lowest BCUT2D eigenvalue weighted by Gasteiger charge is -2.14. The Morgan fingerprint density at radius 1 is 1.11 bits per heavy atom. The van der Waals surface area contributed by atoms with E-state index in [9.17, 15) is 22.4 Å². The van der Waals surface area contributed by atoms with Gasteiger partial charge in [-0.05, 0) is 30.0 Å². The van der Waals surface area contributed by atoms with Crippen LogP contribution in [0.25, 0.3) is 11.1 Å². The van der Waals surface area contributed by atoms with Crippen LogP contribution in [0.4, 0.5) is 29.3 Å². The number of aliphatic imine (C=N–C) groups is 1. The average molecular weight is 622 g/mol. The van der Waals surface area contributed by atoms with E-state index < -0.39 is 23.3 Å². The number of carbonyl (C=O) groups is 1. The molecule has 1 aliphatic carbocycles. The molecule has 2 heterocycles. The van der Waals surface area contributed by atoms with Gasteiger partial charge in [0, 0.05) is 31.1 Å². The smallest absolute Gasteiger partial charge is 0.401 e. The van der Waals surface area contributed by atoms with Crippen molar-refractivity contribution in [1.29, 1.82) is 0 Å². The van der Waals surface area contributed by atoms with Crippen LogP contribution in [0.3, 0.4) is 0 Å². The van der Waals surface area contributed by atoms with E-state index in [0.29, 0.717) is 43.2 Å². The number of benzene rings is 1. The predicted octanol–water partition coefficient (Wildman–Crippen LogP) is 3.97. The number of nitrogens with two attached hydrogens (primary N) is 1. The molecule has 0 radical (unpaired) electrons. The van der Waals surface area contributed by atoms with Crippen LogP contribution in [0.15, 0.2) is 57.8 Å². The van der Waals surface area contributed by atoms with Gasteiger partial charge in [-0.3, -0.25) is 9.79 Å². The molecular formula is C28H31F4N7O5. The van der Waals surface area contributed by atoms with Crippen molar-refractivity contribution in [3.8, 4) is 11.1 Å². The second kappa shape index (κ2) is 14.3. The first kappa shape index (κ1) is 32.3. The lowest BCUT2D eigenvalue weighted by molar-refractivity contribution is -0.165. The van der Waals surface area contributed by atoms with Gasteiger partial charge >= 0.3 is 6.18 Å². The van der Waals surface area contributed by atoms with Gasteiger partial charge < -0.3 is 35.1 Å². The number of amides is 1. The number of nitrogens with zero attached hydrogens (tertiary/aromatic N) is 4. The van der Waals surface area contributed by atoms with Gasteiger partial charge in [0.05, 0.1) is 46.1 Å². The number of aromatic nitrogens is 3. The van der Waals surface area contributed by atoms with Crippen LogP contribution in [-0.2, 0) is 30.8 Å². The zero-order chi connectivity index (χ0) is 31.7. The normalized spacial score (nSPS) is 14.8. The quantitative estimate of drug-likeness (QED) is 0.0981. The second-order valence-corrected chi connectivity index (χ2v) is 9.73. The van der Waals surface area contributed by atoms with Gasteiger partial charge in [0.25, 0.3) is 0 Å². The Labute approximate surface area is 249 Å². The number of rotatable bonds is 15. The topological polar surface area (TPSA) is 159 Å². The zero-order valence-corrected chi connectivity index (χ0v) is 23.9. The highest BCUT2D eigenvalue weighted by Gasteiger charge is 2.66. The standard InChI is InChI=1S/C28H31F4N7O5/c1-41-9-10-43-8-7-34-16-21(25(33)42-2)37-26-35-14-19(15-36-26)17-3-4-18(20(29)11-17)12-24(40)38-23-13-22(44-39-23)27(5-6-27)28(30,31)32/h3-4,11,13-16H,5-10,12,33H2,1-2H3,(H,35,36,37)(H,38,39,40). The van der Waals surface area contributed by atoms with Gasteiger partial charge in [0.2, 0.25) is 17.7 Å². The number of nitrogens with one attached hydrogen (secondary N) is 2. The molecular weight excluding hydrogens is 590 g/mol. The monoisotopic (exact) mass is 621 g/mol. The first-order valence-electron chi connectivity index (χ1n) is 13.4. The van der Waals surface area contributed by atoms with Crippen LogP contribution in [0.2, 0.25) is 0 Å². The number of methoxy groups -OCH3 is 2. The summed E-state index contributed by atoms with van der Waals surface area (Å²) in [6, 6.07) is 5.27. The second-order valence-electron chi connectivity index (χ2n) is 9.73. The van der Waals surface area contributed by atoms with Crippen LogP contribution in [0, 0.1) is 5.82 Å². The summed E-state index contributed by atoms with van der Waals surface area (Å²) in [4.78, 5) is 25.1. The van der Waals surface area contributed by atoms with E-state index in [1.54, 1.807) is 13.2 Å². The number of alkyl halides is 3. The number of halogens is 4. The van der Waals surface area contributed by atoms with Gasteiger partial charge in [-0.15, -0.1) is 0 Å². The van der Waals surface area contributed by atoms with Crippen molar-refractivity contribution in [3.05, 3.63) is 65.4 Å². The van der Waals surface area contributed by atoms with Crippen LogP contribution < -0.4 is 16.4 Å². The summed E-state index contributed by atoms with van der Waals surface area (Å²) in [5, 5.41) is 8.77. The minimum atomic E-state index is -4.48. The van der Waals surface area contributed by atoms with Crippen LogP contribution in [0.5, 0.6) is 0 Å². The van der Waals surface area contributed by atoms with Gasteiger partial charge in [-0.1, -0.05) is 17.3 Å². The molecule has 0 saturated heterocycles. The van der Waals surface area contributed by atoms with Crippen molar-refractivity contribution in [3.63, 3.8) is 0 Å². The van der Waals surface area contributed by atoms with E-state index >= 15 is 0 Å².